The first kappa shape index (κ1) is 25.1. The van der Waals surface area contributed by atoms with Gasteiger partial charge in [-0.25, -0.2) is 14.3 Å². The van der Waals surface area contributed by atoms with E-state index in [9.17, 15) is 9.59 Å². The molecular formula is C28H31N5O3S. The zero-order valence-electron chi connectivity index (χ0n) is 21.5. The van der Waals surface area contributed by atoms with Crippen LogP contribution in [0.15, 0.2) is 48.9 Å². The fourth-order valence-electron chi connectivity index (χ4n) is 4.94. The number of esters is 1. The molecule has 4 aromatic heterocycles. The van der Waals surface area contributed by atoms with Crippen LogP contribution in [0, 0.1) is 11.8 Å². The molecule has 192 valence electrons. The molecule has 0 aliphatic heterocycles. The van der Waals surface area contributed by atoms with Crippen LogP contribution in [0.25, 0.3) is 27.5 Å². The summed E-state index contributed by atoms with van der Waals surface area (Å²) in [7, 11) is 1.37. The highest BCUT2D eigenvalue weighted by Crippen LogP contribution is 2.40. The summed E-state index contributed by atoms with van der Waals surface area (Å²) in [6, 6.07) is 9.41. The molecule has 0 spiro atoms. The second kappa shape index (κ2) is 10.4. The van der Waals surface area contributed by atoms with Gasteiger partial charge in [-0.1, -0.05) is 6.92 Å². The summed E-state index contributed by atoms with van der Waals surface area (Å²) in [6.07, 6.45) is 9.23. The van der Waals surface area contributed by atoms with Crippen molar-refractivity contribution in [1.29, 1.82) is 0 Å². The molecule has 0 bridgehead atoms. The van der Waals surface area contributed by atoms with Crippen molar-refractivity contribution >= 4 is 34.5 Å². The van der Waals surface area contributed by atoms with Crippen molar-refractivity contribution in [3.63, 3.8) is 0 Å². The summed E-state index contributed by atoms with van der Waals surface area (Å²) in [5.74, 6) is 0.282. The predicted octanol–water partition coefficient (Wildman–Crippen LogP) is 5.87. The van der Waals surface area contributed by atoms with Crippen LogP contribution >= 0.6 is 11.3 Å². The summed E-state index contributed by atoms with van der Waals surface area (Å²) in [6.45, 7) is 6.22. The van der Waals surface area contributed by atoms with Crippen molar-refractivity contribution in [2.75, 3.05) is 12.0 Å². The smallest absolute Gasteiger partial charge is 0.350 e. The topological polar surface area (TPSA) is 89.7 Å². The largest absolute Gasteiger partial charge is 0.465 e. The molecule has 1 aliphatic rings. The molecule has 5 rings (SSSR count). The van der Waals surface area contributed by atoms with Crippen molar-refractivity contribution in [3.8, 4) is 21.8 Å². The lowest BCUT2D eigenvalue weighted by molar-refractivity contribution is -0.123. The molecule has 1 aliphatic carbocycles. The van der Waals surface area contributed by atoms with Crippen LogP contribution in [0.2, 0.25) is 0 Å². The second-order valence-electron chi connectivity index (χ2n) is 9.96. The van der Waals surface area contributed by atoms with E-state index in [0.717, 1.165) is 53.2 Å². The molecule has 0 N–H and O–H groups in total. The third-order valence-corrected chi connectivity index (χ3v) is 8.16. The minimum Gasteiger partial charge on any atom is -0.465 e. The second-order valence-corrected chi connectivity index (χ2v) is 11.0. The van der Waals surface area contributed by atoms with Crippen LogP contribution in [0.4, 0.5) is 5.69 Å². The number of hydrogen-bond donors (Lipinski definition) is 0. The zero-order valence-corrected chi connectivity index (χ0v) is 22.4. The van der Waals surface area contributed by atoms with Gasteiger partial charge in [-0.2, -0.15) is 5.10 Å². The maximum absolute atomic E-state index is 13.7. The minimum atomic E-state index is -0.441. The number of nitrogens with zero attached hydrogens (tertiary/aromatic N) is 5. The molecule has 0 atom stereocenters. The molecule has 0 aromatic carbocycles. The highest BCUT2D eigenvalue weighted by Gasteiger charge is 2.33. The molecule has 1 amide bonds. The van der Waals surface area contributed by atoms with E-state index in [1.165, 1.54) is 18.4 Å². The quantitative estimate of drug-likeness (QED) is 0.297. The average molecular weight is 518 g/mol. The summed E-state index contributed by atoms with van der Waals surface area (Å²) < 4.78 is 6.81. The normalized spacial score (nSPS) is 17.8. The number of carbonyl (C=O) groups excluding carboxylic acids is 2. The van der Waals surface area contributed by atoms with Crippen LogP contribution in [-0.2, 0) is 9.53 Å². The van der Waals surface area contributed by atoms with Crippen LogP contribution in [-0.4, -0.2) is 44.6 Å². The summed E-state index contributed by atoms with van der Waals surface area (Å²) >= 11 is 1.32. The number of rotatable bonds is 6. The number of fused-ring (bicyclic) bond motifs is 1. The number of anilines is 1. The molecule has 0 saturated heterocycles. The van der Waals surface area contributed by atoms with E-state index in [-0.39, 0.29) is 17.9 Å². The van der Waals surface area contributed by atoms with E-state index in [0.29, 0.717) is 16.5 Å². The highest BCUT2D eigenvalue weighted by atomic mass is 32.1. The first-order valence-electron chi connectivity index (χ1n) is 12.7. The van der Waals surface area contributed by atoms with Crippen molar-refractivity contribution in [3.05, 3.63) is 53.8 Å². The molecule has 0 radical (unpaired) electrons. The Hall–Kier alpha value is -3.59. The molecule has 4 aromatic rings. The lowest BCUT2D eigenvalue weighted by atomic mass is 9.82. The Morgan fingerprint density at radius 1 is 1.11 bits per heavy atom. The van der Waals surface area contributed by atoms with Gasteiger partial charge in [0.05, 0.1) is 18.5 Å². The monoisotopic (exact) mass is 517 g/mol. The zero-order chi connectivity index (χ0) is 26.1. The maximum Gasteiger partial charge on any atom is 0.350 e. The molecule has 37 heavy (non-hydrogen) atoms. The Morgan fingerprint density at radius 3 is 2.54 bits per heavy atom. The van der Waals surface area contributed by atoms with Gasteiger partial charge in [0.15, 0.2) is 5.65 Å². The van der Waals surface area contributed by atoms with Gasteiger partial charge in [-0.15, -0.1) is 11.3 Å². The summed E-state index contributed by atoms with van der Waals surface area (Å²) in [5, 5.41) is 4.54. The van der Waals surface area contributed by atoms with Gasteiger partial charge in [0.1, 0.15) is 10.6 Å². The number of thiophene rings is 1. The molecule has 0 unspecified atom stereocenters. The van der Waals surface area contributed by atoms with Crippen LogP contribution in [0.3, 0.4) is 0 Å². The number of methoxy groups -OCH3 is 1. The average Bonchev–Trinajstić information content (AvgIpc) is 3.54. The standard InChI is InChI=1S/C28H31N5O3S/c1-17(2)33(27(34)19-8-6-18(3)7-9-19)23-15-24(37-26(23)28(35)36-4)20-10-11-21(30-16-20)22-14-25-29-12-5-13-32(25)31-22/h5,10-19H,6-9H2,1-4H3. The predicted molar refractivity (Wildman–Crippen MR) is 145 cm³/mol. The number of ether oxygens (including phenoxy) is 1. The van der Waals surface area contributed by atoms with Gasteiger partial charge in [-0.05, 0) is 69.7 Å². The van der Waals surface area contributed by atoms with Gasteiger partial charge in [0.2, 0.25) is 5.91 Å². The van der Waals surface area contributed by atoms with Crippen LogP contribution in [0.1, 0.15) is 56.1 Å². The number of hydrogen-bond acceptors (Lipinski definition) is 7. The fourth-order valence-corrected chi connectivity index (χ4v) is 6.00. The van der Waals surface area contributed by atoms with Crippen molar-refractivity contribution in [2.24, 2.45) is 11.8 Å². The van der Waals surface area contributed by atoms with E-state index in [2.05, 4.69) is 22.0 Å². The van der Waals surface area contributed by atoms with Gasteiger partial charge in [0.25, 0.3) is 0 Å². The molecule has 4 heterocycles. The van der Waals surface area contributed by atoms with Gasteiger partial charge >= 0.3 is 5.97 Å². The SMILES string of the molecule is COC(=O)c1sc(-c2ccc(-c3cc4ncccn4n3)nc2)cc1N(C(=O)C1CCC(C)CC1)C(C)C. The number of amides is 1. The maximum atomic E-state index is 13.7. The minimum absolute atomic E-state index is 0.0201. The fraction of sp³-hybridized carbons (Fsp3) is 0.393. The van der Waals surface area contributed by atoms with Gasteiger partial charge in [0, 0.05) is 47.1 Å². The van der Waals surface area contributed by atoms with Crippen LogP contribution in [0.5, 0.6) is 0 Å². The van der Waals surface area contributed by atoms with E-state index in [4.69, 9.17) is 4.74 Å². The van der Waals surface area contributed by atoms with E-state index >= 15 is 0 Å². The van der Waals surface area contributed by atoms with E-state index in [1.54, 1.807) is 21.8 Å². The molecule has 1 saturated carbocycles. The molecule has 8 nitrogen and oxygen atoms in total. The van der Waals surface area contributed by atoms with Gasteiger partial charge < -0.3 is 9.64 Å². The molecule has 9 heteroatoms. The number of pyridine rings is 1. The Balaban J connectivity index is 1.48. The number of carbonyl (C=O) groups is 2. The summed E-state index contributed by atoms with van der Waals surface area (Å²) in [5.41, 5.74) is 3.67. The third kappa shape index (κ3) is 5.00. The highest BCUT2D eigenvalue weighted by molar-refractivity contribution is 7.18. The Kier molecular flexibility index (Phi) is 7.06. The Labute approximate surface area is 220 Å². The molecular weight excluding hydrogens is 486 g/mol. The van der Waals surface area contributed by atoms with Crippen molar-refractivity contribution < 1.29 is 14.3 Å². The van der Waals surface area contributed by atoms with Crippen molar-refractivity contribution in [1.82, 2.24) is 19.6 Å². The van der Waals surface area contributed by atoms with Crippen LogP contribution < -0.4 is 4.90 Å². The number of aromatic nitrogens is 4. The molecule has 1 fully saturated rings. The Bertz CT molecular complexity index is 1380. The van der Waals surface area contributed by atoms with E-state index in [1.807, 2.05) is 50.4 Å². The summed E-state index contributed by atoms with van der Waals surface area (Å²) in [4.78, 5) is 38.5. The first-order chi connectivity index (χ1) is 17.9. The van der Waals surface area contributed by atoms with Crippen molar-refractivity contribution in [2.45, 2.75) is 52.5 Å². The lowest BCUT2D eigenvalue weighted by Gasteiger charge is -2.33. The van der Waals surface area contributed by atoms with Gasteiger partial charge in [-0.3, -0.25) is 9.78 Å². The van der Waals surface area contributed by atoms with E-state index < -0.39 is 5.97 Å². The first-order valence-corrected chi connectivity index (χ1v) is 13.5. The third-order valence-electron chi connectivity index (χ3n) is 7.01. The Morgan fingerprint density at radius 2 is 1.89 bits per heavy atom. The lowest BCUT2D eigenvalue weighted by Crippen LogP contribution is -2.42.